The number of aliphatic hydroxyl groups is 5. The summed E-state index contributed by atoms with van der Waals surface area (Å²) in [6.07, 6.45) is 4.75. The van der Waals surface area contributed by atoms with Gasteiger partial charge in [-0.15, -0.1) is 11.8 Å². The molecule has 0 radical (unpaired) electrons. The number of hydrogen-bond donors (Lipinski definition) is 5. The molecule has 0 aromatic heterocycles. The predicted molar refractivity (Wildman–Crippen MR) is 104 cm³/mol. The summed E-state index contributed by atoms with van der Waals surface area (Å²) in [6.45, 7) is 1.77. The van der Waals surface area contributed by atoms with Crippen molar-refractivity contribution in [2.24, 2.45) is 0 Å². The monoisotopic (exact) mass is 381 g/mol. The molecule has 0 unspecified atom stereocenters. The molecule has 0 fully saturated rings. The van der Waals surface area contributed by atoms with E-state index in [1.54, 1.807) is 11.8 Å². The molecule has 152 valence electrons. The molecule has 5 N–H and O–H groups in total. The van der Waals surface area contributed by atoms with Gasteiger partial charge in [-0.2, -0.15) is 0 Å². The van der Waals surface area contributed by atoms with Crippen LogP contribution in [-0.4, -0.2) is 86.7 Å². The molecule has 0 aromatic rings. The molecular formula is C18H39NO5S. The van der Waals surface area contributed by atoms with Crippen molar-refractivity contribution in [1.82, 2.24) is 4.90 Å². The Morgan fingerprint density at radius 3 is 1.88 bits per heavy atom. The van der Waals surface area contributed by atoms with E-state index >= 15 is 0 Å². The van der Waals surface area contributed by atoms with Crippen LogP contribution in [0.2, 0.25) is 0 Å². The van der Waals surface area contributed by atoms with Gasteiger partial charge in [0.15, 0.2) is 0 Å². The van der Waals surface area contributed by atoms with Gasteiger partial charge in [0, 0.05) is 12.4 Å². The normalized spacial score (nSPS) is 16.8. The fourth-order valence-corrected chi connectivity index (χ4v) is 3.56. The predicted octanol–water partition coefficient (Wildman–Crippen LogP) is 1.19. The molecule has 0 amide bonds. The lowest BCUT2D eigenvalue weighted by Crippen LogP contribution is -2.49. The number of aliphatic hydroxyl groups excluding tert-OH is 5. The minimum atomic E-state index is -1.56. The topological polar surface area (TPSA) is 104 Å². The molecule has 0 spiro atoms. The number of nitrogens with zero attached hydrogens (tertiary/aromatic N) is 1. The Labute approximate surface area is 157 Å². The first-order valence-corrected chi connectivity index (χ1v) is 10.7. The molecule has 0 aliphatic rings. The second-order valence-corrected chi connectivity index (χ2v) is 7.92. The van der Waals surface area contributed by atoms with E-state index in [-0.39, 0.29) is 6.54 Å². The van der Waals surface area contributed by atoms with E-state index in [1.807, 2.05) is 11.9 Å². The molecule has 0 aromatic carbocycles. The van der Waals surface area contributed by atoms with Crippen molar-refractivity contribution in [3.8, 4) is 0 Å². The molecule has 0 rings (SSSR count). The van der Waals surface area contributed by atoms with Crippen LogP contribution in [0.15, 0.2) is 0 Å². The van der Waals surface area contributed by atoms with Crippen molar-refractivity contribution in [2.75, 3.05) is 31.8 Å². The van der Waals surface area contributed by atoms with Crippen molar-refractivity contribution in [2.45, 2.75) is 82.7 Å². The first kappa shape index (κ1) is 25.1. The molecule has 0 heterocycles. The Balaban J connectivity index is 3.64. The smallest absolute Gasteiger partial charge is 0.111 e. The summed E-state index contributed by atoms with van der Waals surface area (Å²) >= 11 is 1.79. The van der Waals surface area contributed by atoms with Gasteiger partial charge < -0.3 is 25.5 Å². The molecule has 4 atom stereocenters. The van der Waals surface area contributed by atoms with Crippen LogP contribution in [0, 0.1) is 0 Å². The Morgan fingerprint density at radius 1 is 0.800 bits per heavy atom. The van der Waals surface area contributed by atoms with Crippen LogP contribution < -0.4 is 0 Å². The quantitative estimate of drug-likeness (QED) is 0.190. The second kappa shape index (κ2) is 16.3. The van der Waals surface area contributed by atoms with Crippen LogP contribution in [0.5, 0.6) is 0 Å². The Morgan fingerprint density at radius 2 is 1.32 bits per heavy atom. The van der Waals surface area contributed by atoms with Crippen LogP contribution in [-0.2, 0) is 0 Å². The third kappa shape index (κ3) is 13.0. The third-order valence-corrected chi connectivity index (χ3v) is 5.48. The summed E-state index contributed by atoms with van der Waals surface area (Å²) in [7, 11) is 1.84. The SMILES string of the molecule is CCCCCCCCCCSCN(C)C[C@@H](O)[C@H](O)[C@H](O)[C@H](O)CO. The Hall–Kier alpha value is 0.110. The minimum absolute atomic E-state index is 0.195. The molecule has 0 saturated heterocycles. The summed E-state index contributed by atoms with van der Waals surface area (Å²) in [5.41, 5.74) is 0. The van der Waals surface area contributed by atoms with E-state index in [0.717, 1.165) is 11.6 Å². The van der Waals surface area contributed by atoms with Gasteiger partial charge in [-0.1, -0.05) is 51.9 Å². The van der Waals surface area contributed by atoms with Crippen LogP contribution in [0.1, 0.15) is 58.3 Å². The van der Waals surface area contributed by atoms with Gasteiger partial charge in [0.1, 0.15) is 18.3 Å². The maximum Gasteiger partial charge on any atom is 0.111 e. The standard InChI is InChI=1S/C18H39NO5S/c1-3-4-5-6-7-8-9-10-11-25-14-19(2)12-15(21)17(23)18(24)16(22)13-20/h15-18,20-24H,3-14H2,1-2H3/t15-,16-,17+,18-/m1/s1. The van der Waals surface area contributed by atoms with E-state index in [4.69, 9.17) is 5.11 Å². The van der Waals surface area contributed by atoms with Gasteiger partial charge in [0.05, 0.1) is 12.7 Å². The van der Waals surface area contributed by atoms with E-state index in [2.05, 4.69) is 6.92 Å². The number of likely N-dealkylation sites (N-methyl/N-ethyl adjacent to an activating group) is 1. The van der Waals surface area contributed by atoms with Crippen molar-refractivity contribution in [1.29, 1.82) is 0 Å². The van der Waals surface area contributed by atoms with Crippen LogP contribution in [0.4, 0.5) is 0 Å². The van der Waals surface area contributed by atoms with Crippen molar-refractivity contribution in [3.05, 3.63) is 0 Å². The van der Waals surface area contributed by atoms with Gasteiger partial charge in [0.2, 0.25) is 0 Å². The van der Waals surface area contributed by atoms with Crippen molar-refractivity contribution in [3.63, 3.8) is 0 Å². The minimum Gasteiger partial charge on any atom is -0.394 e. The highest BCUT2D eigenvalue weighted by Crippen LogP contribution is 2.13. The Bertz CT molecular complexity index is 299. The number of hydrogen-bond acceptors (Lipinski definition) is 7. The molecule has 25 heavy (non-hydrogen) atoms. The van der Waals surface area contributed by atoms with E-state index in [1.165, 1.54) is 51.4 Å². The van der Waals surface area contributed by atoms with Gasteiger partial charge in [-0.3, -0.25) is 4.90 Å². The fraction of sp³-hybridized carbons (Fsp3) is 1.00. The van der Waals surface area contributed by atoms with Gasteiger partial charge in [0.25, 0.3) is 0 Å². The van der Waals surface area contributed by atoms with Crippen LogP contribution >= 0.6 is 11.8 Å². The molecular weight excluding hydrogens is 342 g/mol. The van der Waals surface area contributed by atoms with Crippen LogP contribution in [0.3, 0.4) is 0 Å². The zero-order valence-corrected chi connectivity index (χ0v) is 16.7. The zero-order chi connectivity index (χ0) is 19.1. The van der Waals surface area contributed by atoms with Gasteiger partial charge >= 0.3 is 0 Å². The number of thioether (sulfide) groups is 1. The lowest BCUT2D eigenvalue weighted by Gasteiger charge is -2.28. The van der Waals surface area contributed by atoms with Crippen molar-refractivity contribution < 1.29 is 25.5 Å². The average molecular weight is 382 g/mol. The first-order chi connectivity index (χ1) is 11.9. The lowest BCUT2D eigenvalue weighted by molar-refractivity contribution is -0.118. The van der Waals surface area contributed by atoms with Gasteiger partial charge in [-0.05, 0) is 19.2 Å². The molecule has 0 aliphatic heterocycles. The maximum absolute atomic E-state index is 9.91. The molecule has 0 saturated carbocycles. The fourth-order valence-electron chi connectivity index (χ4n) is 2.60. The van der Waals surface area contributed by atoms with E-state index < -0.39 is 31.0 Å². The summed E-state index contributed by atoms with van der Waals surface area (Å²) in [6, 6.07) is 0. The lowest BCUT2D eigenvalue weighted by atomic mass is 10.0. The van der Waals surface area contributed by atoms with E-state index in [9.17, 15) is 20.4 Å². The highest BCUT2D eigenvalue weighted by atomic mass is 32.2. The zero-order valence-electron chi connectivity index (χ0n) is 15.9. The molecule has 7 heteroatoms. The molecule has 0 aliphatic carbocycles. The summed E-state index contributed by atoms with van der Waals surface area (Å²) in [4.78, 5) is 1.88. The maximum atomic E-state index is 9.91. The Kier molecular flexibility index (Phi) is 16.4. The van der Waals surface area contributed by atoms with Gasteiger partial charge in [-0.25, -0.2) is 0 Å². The second-order valence-electron chi connectivity index (χ2n) is 6.85. The first-order valence-electron chi connectivity index (χ1n) is 9.53. The van der Waals surface area contributed by atoms with E-state index in [0.29, 0.717) is 0 Å². The highest BCUT2D eigenvalue weighted by molar-refractivity contribution is 7.99. The summed E-state index contributed by atoms with van der Waals surface area (Å²) in [5, 5.41) is 47.3. The third-order valence-electron chi connectivity index (χ3n) is 4.28. The van der Waals surface area contributed by atoms with Crippen LogP contribution in [0.25, 0.3) is 0 Å². The molecule has 0 bridgehead atoms. The highest BCUT2D eigenvalue weighted by Gasteiger charge is 2.30. The number of unbranched alkanes of at least 4 members (excludes halogenated alkanes) is 7. The molecule has 6 nitrogen and oxygen atoms in total. The summed E-state index contributed by atoms with van der Waals surface area (Å²) < 4.78 is 0. The summed E-state index contributed by atoms with van der Waals surface area (Å²) in [5.74, 6) is 1.81. The van der Waals surface area contributed by atoms with Crippen molar-refractivity contribution >= 4 is 11.8 Å². The average Bonchev–Trinajstić information content (AvgIpc) is 2.61. The largest absolute Gasteiger partial charge is 0.394 e. The number of rotatable bonds is 17.